The first-order chi connectivity index (χ1) is 19.6. The molecule has 0 aliphatic heterocycles. The first-order valence-electron chi connectivity index (χ1n) is 14.1. The molecule has 5 rings (SSSR count). The van der Waals surface area contributed by atoms with Gasteiger partial charge in [0.1, 0.15) is 11.9 Å². The summed E-state index contributed by atoms with van der Waals surface area (Å²) in [5, 5.41) is 7.38. The van der Waals surface area contributed by atoms with E-state index in [1.807, 2.05) is 48.5 Å². The summed E-state index contributed by atoms with van der Waals surface area (Å²) in [6, 6.07) is 28.6. The van der Waals surface area contributed by atoms with Gasteiger partial charge in [-0.2, -0.15) is 4.98 Å². The molecule has 0 saturated heterocycles. The molecule has 1 saturated carbocycles. The van der Waals surface area contributed by atoms with Crippen molar-refractivity contribution in [1.82, 2.24) is 15.5 Å². The standard InChI is InChI=1S/C33H37N3O4/c1-38-29-17-10-14-26(23-29)24-30-35-31(36-40-30)33(27-15-6-3-7-16-27)20-18-28(19-21-33)39-32(37)34-22-9-8-13-25-11-4-2-5-12-25/h2-7,10-12,14-17,23,28H,8-9,13,18-22,24H2,1H3,(H,34,37). The number of ether oxygens (including phenoxy) is 2. The average Bonchev–Trinajstić information content (AvgIpc) is 3.47. The number of nitrogens with zero attached hydrogens (tertiary/aromatic N) is 2. The smallest absolute Gasteiger partial charge is 0.407 e. The maximum atomic E-state index is 12.5. The Morgan fingerprint density at radius 2 is 1.68 bits per heavy atom. The van der Waals surface area contributed by atoms with Gasteiger partial charge in [-0.15, -0.1) is 0 Å². The number of rotatable bonds is 11. The number of carbonyl (C=O) groups is 1. The van der Waals surface area contributed by atoms with E-state index in [-0.39, 0.29) is 17.6 Å². The molecule has 1 aliphatic carbocycles. The first kappa shape index (κ1) is 27.4. The molecule has 40 heavy (non-hydrogen) atoms. The fraction of sp³-hybridized carbons (Fsp3) is 0.364. The number of benzene rings is 3. The van der Waals surface area contributed by atoms with Crippen LogP contribution in [0.1, 0.15) is 66.9 Å². The summed E-state index contributed by atoms with van der Waals surface area (Å²) in [6.45, 7) is 0.616. The third-order valence-electron chi connectivity index (χ3n) is 7.78. The molecule has 3 aromatic carbocycles. The lowest BCUT2D eigenvalue weighted by atomic mass is 9.68. The van der Waals surface area contributed by atoms with Gasteiger partial charge in [0, 0.05) is 6.54 Å². The van der Waals surface area contributed by atoms with Crippen molar-refractivity contribution in [3.63, 3.8) is 0 Å². The van der Waals surface area contributed by atoms with Gasteiger partial charge in [-0.1, -0.05) is 78.0 Å². The van der Waals surface area contributed by atoms with Gasteiger partial charge in [-0.25, -0.2) is 4.79 Å². The van der Waals surface area contributed by atoms with E-state index < -0.39 is 0 Å². The molecule has 1 aliphatic rings. The molecule has 1 heterocycles. The summed E-state index contributed by atoms with van der Waals surface area (Å²) in [6.07, 6.45) is 6.02. The lowest BCUT2D eigenvalue weighted by Gasteiger charge is -2.38. The van der Waals surface area contributed by atoms with Crippen molar-refractivity contribution in [3.8, 4) is 5.75 Å². The zero-order valence-corrected chi connectivity index (χ0v) is 23.1. The van der Waals surface area contributed by atoms with Gasteiger partial charge in [-0.3, -0.25) is 0 Å². The van der Waals surface area contributed by atoms with E-state index in [0.717, 1.165) is 61.8 Å². The number of hydrogen-bond donors (Lipinski definition) is 1. The Balaban J connectivity index is 1.17. The second-order valence-electron chi connectivity index (χ2n) is 10.5. The highest BCUT2D eigenvalue weighted by atomic mass is 16.6. The van der Waals surface area contributed by atoms with E-state index in [2.05, 4.69) is 46.9 Å². The molecule has 0 unspecified atom stereocenters. The fourth-order valence-electron chi connectivity index (χ4n) is 5.56. The number of aromatic nitrogens is 2. The van der Waals surface area contributed by atoms with Crippen molar-refractivity contribution in [1.29, 1.82) is 0 Å². The number of alkyl carbamates (subject to hydrolysis) is 1. The highest BCUT2D eigenvalue weighted by Crippen LogP contribution is 2.44. The van der Waals surface area contributed by atoms with Crippen molar-refractivity contribution >= 4 is 6.09 Å². The van der Waals surface area contributed by atoms with Gasteiger partial charge >= 0.3 is 6.09 Å². The maximum absolute atomic E-state index is 12.5. The fourth-order valence-corrected chi connectivity index (χ4v) is 5.56. The van der Waals surface area contributed by atoms with Crippen LogP contribution in [0, 0.1) is 0 Å². The Bertz CT molecular complexity index is 1350. The minimum absolute atomic E-state index is 0.135. The van der Waals surface area contributed by atoms with Crippen LogP contribution in [0.3, 0.4) is 0 Å². The Morgan fingerprint density at radius 3 is 2.42 bits per heavy atom. The van der Waals surface area contributed by atoms with Crippen molar-refractivity contribution in [2.45, 2.75) is 62.9 Å². The summed E-state index contributed by atoms with van der Waals surface area (Å²) >= 11 is 0. The quantitative estimate of drug-likeness (QED) is 0.215. The molecule has 0 bridgehead atoms. The van der Waals surface area contributed by atoms with Crippen LogP contribution in [0.5, 0.6) is 5.75 Å². The van der Waals surface area contributed by atoms with Crippen LogP contribution in [-0.2, 0) is 23.0 Å². The number of aryl methyl sites for hydroxylation is 1. The third kappa shape index (κ3) is 6.89. The lowest BCUT2D eigenvalue weighted by Crippen LogP contribution is -2.39. The molecule has 1 aromatic heterocycles. The molecule has 1 amide bonds. The Hall–Kier alpha value is -4.13. The normalized spacial score (nSPS) is 18.7. The third-order valence-corrected chi connectivity index (χ3v) is 7.78. The number of nitrogens with one attached hydrogen (secondary N) is 1. The summed E-state index contributed by atoms with van der Waals surface area (Å²) < 4.78 is 16.9. The molecule has 0 atom stereocenters. The summed E-state index contributed by atoms with van der Waals surface area (Å²) in [4.78, 5) is 17.3. The Morgan fingerprint density at radius 1 is 0.950 bits per heavy atom. The van der Waals surface area contributed by atoms with Crippen LogP contribution in [0.15, 0.2) is 89.5 Å². The van der Waals surface area contributed by atoms with E-state index in [4.69, 9.17) is 19.0 Å². The number of carbonyl (C=O) groups excluding carboxylic acids is 1. The van der Waals surface area contributed by atoms with E-state index in [9.17, 15) is 4.79 Å². The van der Waals surface area contributed by atoms with Gasteiger partial charge in [-0.05, 0) is 73.8 Å². The number of amides is 1. The lowest BCUT2D eigenvalue weighted by molar-refractivity contribution is 0.0615. The molecule has 0 radical (unpaired) electrons. The molecular formula is C33H37N3O4. The van der Waals surface area contributed by atoms with Gasteiger partial charge < -0.3 is 19.3 Å². The van der Waals surface area contributed by atoms with Gasteiger partial charge in [0.2, 0.25) is 5.89 Å². The van der Waals surface area contributed by atoms with Crippen molar-refractivity contribution in [3.05, 3.63) is 113 Å². The zero-order valence-electron chi connectivity index (χ0n) is 23.1. The van der Waals surface area contributed by atoms with Crippen molar-refractivity contribution in [2.75, 3.05) is 13.7 Å². The highest BCUT2D eigenvalue weighted by Gasteiger charge is 2.43. The predicted octanol–water partition coefficient (Wildman–Crippen LogP) is 6.65. The summed E-state index contributed by atoms with van der Waals surface area (Å²) in [7, 11) is 1.66. The van der Waals surface area contributed by atoms with E-state index in [1.165, 1.54) is 5.56 Å². The van der Waals surface area contributed by atoms with Crippen LogP contribution in [0.2, 0.25) is 0 Å². The van der Waals surface area contributed by atoms with Crippen molar-refractivity contribution in [2.24, 2.45) is 0 Å². The van der Waals surface area contributed by atoms with Crippen LogP contribution in [-0.4, -0.2) is 36.0 Å². The van der Waals surface area contributed by atoms with Crippen LogP contribution >= 0.6 is 0 Å². The molecule has 1 N–H and O–H groups in total. The maximum Gasteiger partial charge on any atom is 0.407 e. The molecule has 4 aromatic rings. The topological polar surface area (TPSA) is 86.5 Å². The molecular weight excluding hydrogens is 502 g/mol. The van der Waals surface area contributed by atoms with Gasteiger partial charge in [0.15, 0.2) is 5.82 Å². The number of hydrogen-bond acceptors (Lipinski definition) is 6. The van der Waals surface area contributed by atoms with Crippen LogP contribution in [0.4, 0.5) is 4.79 Å². The van der Waals surface area contributed by atoms with Crippen LogP contribution < -0.4 is 10.1 Å². The Labute approximate surface area is 235 Å². The highest BCUT2D eigenvalue weighted by molar-refractivity contribution is 5.67. The van der Waals surface area contributed by atoms with Gasteiger partial charge in [0.25, 0.3) is 0 Å². The number of unbranched alkanes of at least 4 members (excludes halogenated alkanes) is 1. The Kier molecular flexibility index (Phi) is 9.11. The summed E-state index contributed by atoms with van der Waals surface area (Å²) in [5.41, 5.74) is 3.14. The predicted molar refractivity (Wildman–Crippen MR) is 153 cm³/mol. The minimum atomic E-state index is -0.384. The van der Waals surface area contributed by atoms with Gasteiger partial charge in [0.05, 0.1) is 18.9 Å². The summed E-state index contributed by atoms with van der Waals surface area (Å²) in [5.74, 6) is 2.06. The zero-order chi connectivity index (χ0) is 27.6. The SMILES string of the molecule is COc1cccc(Cc2nc(C3(c4ccccc4)CCC(OC(=O)NCCCCc4ccccc4)CC3)no2)c1. The number of methoxy groups -OCH3 is 1. The van der Waals surface area contributed by atoms with E-state index in [0.29, 0.717) is 24.7 Å². The molecule has 7 nitrogen and oxygen atoms in total. The average molecular weight is 540 g/mol. The van der Waals surface area contributed by atoms with E-state index in [1.54, 1.807) is 7.11 Å². The molecule has 7 heteroatoms. The first-order valence-corrected chi connectivity index (χ1v) is 14.1. The second-order valence-corrected chi connectivity index (χ2v) is 10.5. The molecule has 208 valence electrons. The van der Waals surface area contributed by atoms with Crippen molar-refractivity contribution < 1.29 is 18.8 Å². The van der Waals surface area contributed by atoms with E-state index >= 15 is 0 Å². The minimum Gasteiger partial charge on any atom is -0.497 e. The van der Waals surface area contributed by atoms with Crippen LogP contribution in [0.25, 0.3) is 0 Å². The largest absolute Gasteiger partial charge is 0.497 e. The second kappa shape index (κ2) is 13.3. The monoisotopic (exact) mass is 539 g/mol. The molecule has 1 fully saturated rings. The molecule has 0 spiro atoms.